The molecule has 144 valence electrons. The van der Waals surface area contributed by atoms with Gasteiger partial charge in [0, 0.05) is 40.9 Å². The van der Waals surface area contributed by atoms with Gasteiger partial charge in [0.25, 0.3) is 17.6 Å². The number of carbonyl (C=O) groups is 3. The molecule has 0 aliphatic carbocycles. The van der Waals surface area contributed by atoms with Gasteiger partial charge in [-0.15, -0.1) is 0 Å². The van der Waals surface area contributed by atoms with Crippen LogP contribution in [0.2, 0.25) is 0 Å². The van der Waals surface area contributed by atoms with Crippen LogP contribution < -0.4 is 5.32 Å². The van der Waals surface area contributed by atoms with E-state index in [-0.39, 0.29) is 5.91 Å². The summed E-state index contributed by atoms with van der Waals surface area (Å²) >= 11 is 0. The van der Waals surface area contributed by atoms with Crippen molar-refractivity contribution < 1.29 is 14.4 Å². The van der Waals surface area contributed by atoms with Crippen LogP contribution in [0.5, 0.6) is 0 Å². The van der Waals surface area contributed by atoms with Gasteiger partial charge in [0.15, 0.2) is 0 Å². The lowest BCUT2D eigenvalue weighted by atomic mass is 10.1. The van der Waals surface area contributed by atoms with Crippen LogP contribution in [0.1, 0.15) is 40.3 Å². The predicted molar refractivity (Wildman–Crippen MR) is 110 cm³/mol. The third-order valence-electron chi connectivity index (χ3n) is 4.74. The van der Waals surface area contributed by atoms with Gasteiger partial charge in [0.1, 0.15) is 0 Å². The number of amides is 2. The first-order valence-corrected chi connectivity index (χ1v) is 9.28. The van der Waals surface area contributed by atoms with Crippen molar-refractivity contribution in [3.63, 3.8) is 0 Å². The number of hydrogen-bond donors (Lipinski definition) is 2. The van der Waals surface area contributed by atoms with E-state index in [1.54, 1.807) is 36.1 Å². The molecule has 3 rings (SSSR count). The van der Waals surface area contributed by atoms with Crippen LogP contribution in [-0.2, 0) is 4.79 Å². The molecule has 0 unspecified atom stereocenters. The van der Waals surface area contributed by atoms with Crippen molar-refractivity contribution in [3.8, 4) is 0 Å². The van der Waals surface area contributed by atoms with Crippen molar-refractivity contribution in [2.45, 2.75) is 20.8 Å². The number of ketones is 1. The Kier molecular flexibility index (Phi) is 5.59. The van der Waals surface area contributed by atoms with E-state index in [4.69, 9.17) is 0 Å². The minimum atomic E-state index is -0.736. The molecule has 6 nitrogen and oxygen atoms in total. The number of para-hydroxylation sites is 1. The second kappa shape index (κ2) is 8.08. The molecule has 6 heteroatoms. The van der Waals surface area contributed by atoms with Gasteiger partial charge in [0.2, 0.25) is 0 Å². The maximum atomic E-state index is 12.8. The largest absolute Gasteiger partial charge is 0.358 e. The number of rotatable bonds is 6. The average Bonchev–Trinajstić information content (AvgIpc) is 3.04. The quantitative estimate of drug-likeness (QED) is 0.507. The van der Waals surface area contributed by atoms with Crippen LogP contribution in [0, 0.1) is 6.92 Å². The smallest absolute Gasteiger partial charge is 0.296 e. The van der Waals surface area contributed by atoms with Crippen molar-refractivity contribution in [3.05, 3.63) is 65.4 Å². The zero-order valence-electron chi connectivity index (χ0n) is 16.2. The molecular formula is C22H23N3O3. The summed E-state index contributed by atoms with van der Waals surface area (Å²) in [6.07, 6.45) is 0. The van der Waals surface area contributed by atoms with Crippen LogP contribution >= 0.6 is 0 Å². The lowest BCUT2D eigenvalue weighted by molar-refractivity contribution is -0.112. The van der Waals surface area contributed by atoms with E-state index >= 15 is 0 Å². The van der Waals surface area contributed by atoms with E-state index in [0.29, 0.717) is 41.0 Å². The number of benzene rings is 2. The van der Waals surface area contributed by atoms with Crippen LogP contribution in [0.4, 0.5) is 5.69 Å². The monoisotopic (exact) mass is 377 g/mol. The molecule has 0 spiro atoms. The van der Waals surface area contributed by atoms with Gasteiger partial charge in [-0.1, -0.05) is 24.3 Å². The zero-order chi connectivity index (χ0) is 20.3. The molecule has 0 aliphatic heterocycles. The summed E-state index contributed by atoms with van der Waals surface area (Å²) in [6, 6.07) is 14.0. The normalized spacial score (nSPS) is 10.7. The SMILES string of the molecule is CCN(CC)C(=O)c1cccc(NC(=O)C(=O)c2c(C)[nH]c3ccccc23)c1. The molecule has 0 aliphatic rings. The topological polar surface area (TPSA) is 82.3 Å². The van der Waals surface area contributed by atoms with Crippen molar-refractivity contribution in [2.24, 2.45) is 0 Å². The molecule has 2 N–H and O–H groups in total. The minimum absolute atomic E-state index is 0.111. The Morgan fingerprint density at radius 3 is 2.43 bits per heavy atom. The summed E-state index contributed by atoms with van der Waals surface area (Å²) in [5.74, 6) is -1.46. The molecule has 0 radical (unpaired) electrons. The third-order valence-corrected chi connectivity index (χ3v) is 4.74. The van der Waals surface area contributed by atoms with Gasteiger partial charge in [-0.2, -0.15) is 0 Å². The summed E-state index contributed by atoms with van der Waals surface area (Å²) < 4.78 is 0. The number of nitrogens with one attached hydrogen (secondary N) is 2. The molecule has 0 bridgehead atoms. The zero-order valence-corrected chi connectivity index (χ0v) is 16.2. The number of aromatic amines is 1. The molecule has 1 aromatic heterocycles. The highest BCUT2D eigenvalue weighted by Gasteiger charge is 2.23. The highest BCUT2D eigenvalue weighted by atomic mass is 16.2. The average molecular weight is 377 g/mol. The standard InChI is InChI=1S/C22H23N3O3/c1-4-25(5-2)22(28)15-9-8-10-16(13-15)24-21(27)20(26)19-14(3)23-18-12-7-6-11-17(18)19/h6-13,23H,4-5H2,1-3H3,(H,24,27). The fraction of sp³-hybridized carbons (Fsp3) is 0.227. The van der Waals surface area contributed by atoms with Gasteiger partial charge in [-0.05, 0) is 45.0 Å². The van der Waals surface area contributed by atoms with Crippen molar-refractivity contribution in [2.75, 3.05) is 18.4 Å². The van der Waals surface area contributed by atoms with E-state index in [1.165, 1.54) is 0 Å². The first-order valence-electron chi connectivity index (χ1n) is 9.28. The number of aromatic nitrogens is 1. The Morgan fingerprint density at radius 2 is 1.71 bits per heavy atom. The summed E-state index contributed by atoms with van der Waals surface area (Å²) in [6.45, 7) is 6.79. The lowest BCUT2D eigenvalue weighted by Gasteiger charge is -2.19. The van der Waals surface area contributed by atoms with Gasteiger partial charge in [0.05, 0.1) is 5.56 Å². The summed E-state index contributed by atoms with van der Waals surface area (Å²) in [5, 5.41) is 3.33. The first-order chi connectivity index (χ1) is 13.5. The number of fused-ring (bicyclic) bond motifs is 1. The fourth-order valence-electron chi connectivity index (χ4n) is 3.29. The Labute approximate surface area is 163 Å². The molecule has 0 atom stereocenters. The van der Waals surface area contributed by atoms with Gasteiger partial charge in [-0.3, -0.25) is 14.4 Å². The van der Waals surface area contributed by atoms with Gasteiger partial charge >= 0.3 is 0 Å². The van der Waals surface area contributed by atoms with Crippen LogP contribution in [-0.4, -0.2) is 40.6 Å². The number of aryl methyl sites for hydroxylation is 1. The highest BCUT2D eigenvalue weighted by molar-refractivity contribution is 6.48. The molecule has 2 aromatic carbocycles. The maximum Gasteiger partial charge on any atom is 0.296 e. The van der Waals surface area contributed by atoms with Gasteiger partial charge < -0.3 is 15.2 Å². The first kappa shape index (κ1) is 19.4. The number of Topliss-reactive ketones (excluding diaryl/α,β-unsaturated/α-hetero) is 1. The van der Waals surface area contributed by atoms with Crippen LogP contribution in [0.3, 0.4) is 0 Å². The van der Waals surface area contributed by atoms with E-state index in [9.17, 15) is 14.4 Å². The molecule has 0 saturated carbocycles. The molecule has 28 heavy (non-hydrogen) atoms. The number of nitrogens with zero attached hydrogens (tertiary/aromatic N) is 1. The van der Waals surface area contributed by atoms with Crippen molar-refractivity contribution >= 4 is 34.2 Å². The summed E-state index contributed by atoms with van der Waals surface area (Å²) in [4.78, 5) is 42.6. The molecule has 0 fully saturated rings. The Hall–Kier alpha value is -3.41. The fourth-order valence-corrected chi connectivity index (χ4v) is 3.29. The van der Waals surface area contributed by atoms with Crippen molar-refractivity contribution in [1.29, 1.82) is 0 Å². The highest BCUT2D eigenvalue weighted by Crippen LogP contribution is 2.23. The molecule has 3 aromatic rings. The molecular weight excluding hydrogens is 354 g/mol. The minimum Gasteiger partial charge on any atom is -0.358 e. The third kappa shape index (κ3) is 3.67. The van der Waals surface area contributed by atoms with Gasteiger partial charge in [-0.25, -0.2) is 0 Å². The predicted octanol–water partition coefficient (Wildman–Crippen LogP) is 3.78. The second-order valence-corrected chi connectivity index (χ2v) is 6.51. The summed E-state index contributed by atoms with van der Waals surface area (Å²) in [5.41, 5.74) is 2.70. The lowest BCUT2D eigenvalue weighted by Crippen LogP contribution is -2.30. The molecule has 1 heterocycles. The number of anilines is 1. The van der Waals surface area contributed by atoms with E-state index < -0.39 is 11.7 Å². The second-order valence-electron chi connectivity index (χ2n) is 6.51. The van der Waals surface area contributed by atoms with E-state index in [0.717, 1.165) is 5.52 Å². The Bertz CT molecular complexity index is 1050. The summed E-state index contributed by atoms with van der Waals surface area (Å²) in [7, 11) is 0. The van der Waals surface area contributed by atoms with E-state index in [1.807, 2.05) is 38.1 Å². The van der Waals surface area contributed by atoms with Crippen LogP contribution in [0.25, 0.3) is 10.9 Å². The number of H-pyrrole nitrogens is 1. The van der Waals surface area contributed by atoms with E-state index in [2.05, 4.69) is 10.3 Å². The number of carbonyl (C=O) groups excluding carboxylic acids is 3. The Morgan fingerprint density at radius 1 is 1.00 bits per heavy atom. The van der Waals surface area contributed by atoms with Crippen LogP contribution in [0.15, 0.2) is 48.5 Å². The maximum absolute atomic E-state index is 12.8. The van der Waals surface area contributed by atoms with Crippen molar-refractivity contribution in [1.82, 2.24) is 9.88 Å². The Balaban J connectivity index is 1.83. The number of hydrogen-bond acceptors (Lipinski definition) is 3. The molecule has 2 amide bonds. The molecule has 0 saturated heterocycles.